The molecule has 2 aromatic carbocycles. The molecule has 0 radical (unpaired) electrons. The number of ether oxygens (including phenoxy) is 8. The third-order valence-electron chi connectivity index (χ3n) is 18.8. The molecule has 4 saturated carbocycles. The number of phenols is 2. The minimum Gasteiger partial charge on any atom is -0.505 e. The lowest BCUT2D eigenvalue weighted by molar-refractivity contribution is -0.180. The van der Waals surface area contributed by atoms with Crippen molar-refractivity contribution in [1.82, 2.24) is 10.6 Å². The molecule has 0 saturated heterocycles. The van der Waals surface area contributed by atoms with Crippen LogP contribution in [0.5, 0.6) is 23.0 Å². The Kier molecular flexibility index (Phi) is 26.6. The third-order valence-corrected chi connectivity index (χ3v) is 18.8. The van der Waals surface area contributed by atoms with Gasteiger partial charge in [0.25, 0.3) is 11.8 Å². The highest BCUT2D eigenvalue weighted by Crippen LogP contribution is 2.69. The van der Waals surface area contributed by atoms with Crippen LogP contribution in [0.2, 0.25) is 0 Å². The summed E-state index contributed by atoms with van der Waals surface area (Å²) in [6, 6.07) is 5.57. The molecular formula is C63H96N6O17. The largest absolute Gasteiger partial charge is 0.505 e. The molecule has 23 nitrogen and oxygen atoms in total. The van der Waals surface area contributed by atoms with Gasteiger partial charge in [0.15, 0.2) is 11.5 Å². The van der Waals surface area contributed by atoms with Crippen LogP contribution in [-0.2, 0) is 52.4 Å². The number of amides is 6. The molecule has 0 heterocycles. The van der Waals surface area contributed by atoms with Crippen molar-refractivity contribution in [3.05, 3.63) is 35.4 Å². The average Bonchev–Trinajstić information content (AvgIpc) is 1.57. The maximum Gasteiger partial charge on any atom is 0.306 e. The van der Waals surface area contributed by atoms with Crippen molar-refractivity contribution in [3.8, 4) is 23.0 Å². The van der Waals surface area contributed by atoms with Gasteiger partial charge in [-0.05, 0) is 143 Å². The second-order valence-electron chi connectivity index (χ2n) is 24.2. The molecule has 0 aromatic heterocycles. The van der Waals surface area contributed by atoms with Gasteiger partial charge in [-0.25, -0.2) is 0 Å². The zero-order valence-electron chi connectivity index (χ0n) is 51.5. The summed E-state index contributed by atoms with van der Waals surface area (Å²) >= 11 is 0. The van der Waals surface area contributed by atoms with Crippen LogP contribution < -0.4 is 42.2 Å². The fourth-order valence-electron chi connectivity index (χ4n) is 14.6. The lowest BCUT2D eigenvalue weighted by Crippen LogP contribution is -2.56. The first kappa shape index (κ1) is 68.8. The molecule has 0 spiro atoms. The van der Waals surface area contributed by atoms with Gasteiger partial charge in [-0.15, -0.1) is 0 Å². The summed E-state index contributed by atoms with van der Waals surface area (Å²) in [5.41, 5.74) is 9.81. The van der Waals surface area contributed by atoms with Crippen molar-refractivity contribution in [2.45, 2.75) is 155 Å². The Balaban J connectivity index is 0.844. The molecule has 23 heteroatoms. The van der Waals surface area contributed by atoms with E-state index in [1.54, 1.807) is 0 Å². The van der Waals surface area contributed by atoms with Crippen LogP contribution in [0, 0.1) is 40.4 Å². The molecule has 9 atom stereocenters. The van der Waals surface area contributed by atoms with Gasteiger partial charge in [0.1, 0.15) is 41.4 Å². The number of anilines is 2. The Morgan fingerprint density at radius 3 is 1.71 bits per heavy atom. The van der Waals surface area contributed by atoms with E-state index < -0.39 is 40.7 Å². The van der Waals surface area contributed by atoms with Gasteiger partial charge in [-0.3, -0.25) is 33.6 Å². The normalized spacial score (nSPS) is 23.7. The Hall–Kier alpha value is -6.27. The number of hydrogen-bond donors (Lipinski definition) is 8. The highest BCUT2D eigenvalue weighted by Gasteiger charge is 2.63. The van der Waals surface area contributed by atoms with E-state index in [0.717, 1.165) is 70.6 Å². The predicted octanol–water partition coefficient (Wildman–Crippen LogP) is 7.07. The van der Waals surface area contributed by atoms with Crippen LogP contribution >= 0.6 is 0 Å². The van der Waals surface area contributed by atoms with E-state index in [-0.39, 0.29) is 147 Å². The van der Waals surface area contributed by atoms with Crippen LogP contribution in [0.4, 0.5) is 11.4 Å². The van der Waals surface area contributed by atoms with Crippen molar-refractivity contribution in [2.24, 2.45) is 51.9 Å². The lowest BCUT2D eigenvalue weighted by Gasteiger charge is -2.61. The van der Waals surface area contributed by atoms with Gasteiger partial charge in [0.05, 0.1) is 77.8 Å². The standard InChI is InChI=1S/C63H96N6O17/c1-7-8-9-10-25-63(4,86-54(74)22-21-51(71)67-29-32-82-34-36-84-39-53(73)69-46-17-19-48(80-6)56(58(46)76)60(65)78)49-20-15-43-42-14-13-40-37-41(23-26-61(40,2)44(42)24-27-62(43,49)3)85-30-11-12-50(70)66-28-31-81-33-35-83-38-52(72)68-45-16-18-47(79-5)55(57(45)75)59(64)77/h16-19,40-44,49,75-76H,7-15,20-39H2,1-6H3,(H2,64,77)(H2,65,78)(H,66,70)(H,67,71)(H,68,72)(H,69,73). The monoisotopic (exact) mass is 1210 g/mol. The van der Waals surface area contributed by atoms with E-state index in [1.807, 2.05) is 0 Å². The van der Waals surface area contributed by atoms with Crippen LogP contribution in [0.25, 0.3) is 0 Å². The molecule has 0 bridgehead atoms. The third kappa shape index (κ3) is 18.4. The second-order valence-corrected chi connectivity index (χ2v) is 24.2. The van der Waals surface area contributed by atoms with Crippen LogP contribution in [0.3, 0.4) is 0 Å². The molecule has 2 aromatic rings. The number of rotatable bonds is 37. The highest BCUT2D eigenvalue weighted by atomic mass is 16.6. The molecule has 6 amide bonds. The maximum absolute atomic E-state index is 13.8. The lowest BCUT2D eigenvalue weighted by atomic mass is 9.44. The Morgan fingerprint density at radius 1 is 0.605 bits per heavy atom. The number of nitrogens with one attached hydrogen (secondary N) is 4. The van der Waals surface area contributed by atoms with Gasteiger partial charge in [-0.2, -0.15) is 0 Å². The number of aromatic hydroxyl groups is 2. The number of esters is 1. The molecule has 10 N–H and O–H groups in total. The Labute approximate surface area is 506 Å². The summed E-state index contributed by atoms with van der Waals surface area (Å²) < 4.78 is 45.0. The second kappa shape index (κ2) is 33.2. The first-order chi connectivity index (χ1) is 41.2. The molecule has 0 aliphatic heterocycles. The average molecular weight is 1210 g/mol. The first-order valence-electron chi connectivity index (χ1n) is 30.9. The van der Waals surface area contributed by atoms with Crippen molar-refractivity contribution in [1.29, 1.82) is 0 Å². The minimum absolute atomic E-state index is 0.00254. The number of hydrogen-bond acceptors (Lipinski definition) is 17. The number of fused-ring (bicyclic) bond motifs is 5. The van der Waals surface area contributed by atoms with E-state index in [9.17, 15) is 43.8 Å². The number of unbranched alkanes of at least 4 members (excludes halogenated alkanes) is 3. The van der Waals surface area contributed by atoms with Crippen LogP contribution in [-0.4, -0.2) is 150 Å². The number of primary amides is 2. The molecule has 9 unspecified atom stereocenters. The fraction of sp³-hybridized carbons (Fsp3) is 0.698. The zero-order valence-corrected chi connectivity index (χ0v) is 51.5. The van der Waals surface area contributed by atoms with Gasteiger partial charge in [0, 0.05) is 38.5 Å². The molecule has 4 fully saturated rings. The van der Waals surface area contributed by atoms with E-state index in [1.165, 1.54) is 57.7 Å². The maximum atomic E-state index is 13.8. The molecular weight excluding hydrogens is 1110 g/mol. The molecule has 86 heavy (non-hydrogen) atoms. The predicted molar refractivity (Wildman–Crippen MR) is 320 cm³/mol. The number of methoxy groups -OCH3 is 2. The van der Waals surface area contributed by atoms with E-state index in [4.69, 9.17) is 49.4 Å². The SMILES string of the molecule is CCCCCCC(C)(OC(=O)CCC(=O)NCCOCCOCC(=O)Nc1ccc(OC)c(C(N)=O)c1O)C1CCC2C3CCC4CC(OCCCC(=O)NCCOCCOCC(=O)Nc5ccc(OC)c(C(N)=O)c5O)CCC4(C)C3CCC21C. The van der Waals surface area contributed by atoms with Gasteiger partial charge >= 0.3 is 5.97 Å². The molecule has 6 rings (SSSR count). The van der Waals surface area contributed by atoms with Crippen molar-refractivity contribution >= 4 is 52.8 Å². The van der Waals surface area contributed by atoms with Gasteiger partial charge in [0.2, 0.25) is 23.6 Å². The summed E-state index contributed by atoms with van der Waals surface area (Å²) in [7, 11) is 2.65. The fourth-order valence-corrected chi connectivity index (χ4v) is 14.6. The molecule has 480 valence electrons. The quantitative estimate of drug-likeness (QED) is 0.0190. The van der Waals surface area contributed by atoms with Gasteiger partial charge < -0.3 is 80.8 Å². The number of carbonyl (C=O) groups is 7. The summed E-state index contributed by atoms with van der Waals surface area (Å²) in [4.78, 5) is 87.4. The first-order valence-corrected chi connectivity index (χ1v) is 30.9. The smallest absolute Gasteiger partial charge is 0.306 e. The van der Waals surface area contributed by atoms with Gasteiger partial charge in [-0.1, -0.05) is 40.0 Å². The topological polar surface area (TPSA) is 334 Å². The van der Waals surface area contributed by atoms with E-state index in [2.05, 4.69) is 49.0 Å². The summed E-state index contributed by atoms with van der Waals surface area (Å²) in [5.74, 6) is -1.82. The number of benzene rings is 2. The van der Waals surface area contributed by atoms with Crippen molar-refractivity contribution < 1.29 is 81.7 Å². The summed E-state index contributed by atoms with van der Waals surface area (Å²) in [6.45, 7) is 10.9. The summed E-state index contributed by atoms with van der Waals surface area (Å²) in [6.07, 6.45) is 16.3. The Morgan fingerprint density at radius 2 is 1.15 bits per heavy atom. The Bertz CT molecular complexity index is 2620. The highest BCUT2D eigenvalue weighted by molar-refractivity contribution is 6.03. The minimum atomic E-state index is -0.914. The van der Waals surface area contributed by atoms with E-state index in [0.29, 0.717) is 49.7 Å². The summed E-state index contributed by atoms with van der Waals surface area (Å²) in [5, 5.41) is 31.4. The molecule has 4 aliphatic rings. The zero-order chi connectivity index (χ0) is 62.4. The molecule has 4 aliphatic carbocycles. The van der Waals surface area contributed by atoms with Crippen LogP contribution in [0.15, 0.2) is 24.3 Å². The number of carbonyl (C=O) groups excluding carboxylic acids is 7. The van der Waals surface area contributed by atoms with Crippen LogP contribution in [0.1, 0.15) is 164 Å². The van der Waals surface area contributed by atoms with E-state index >= 15 is 0 Å². The number of nitrogens with two attached hydrogens (primary N) is 2. The van der Waals surface area contributed by atoms with Crippen molar-refractivity contribution in [3.63, 3.8) is 0 Å². The van der Waals surface area contributed by atoms with Crippen molar-refractivity contribution in [2.75, 3.05) is 97.4 Å².